The summed E-state index contributed by atoms with van der Waals surface area (Å²) in [5.41, 5.74) is 2.77. The largest absolute Gasteiger partial charge is 0.351 e. The number of amides is 2. The highest BCUT2D eigenvalue weighted by Gasteiger charge is 2.39. The SMILES string of the molecule is Cc1ccc(N2C(=O)Cn3cccc3[C@@H]2C(=O)N[C@@H]2CCCC[C@@H]2C)cc1. The van der Waals surface area contributed by atoms with Crippen molar-refractivity contribution in [3.63, 3.8) is 0 Å². The first-order valence-electron chi connectivity index (χ1n) is 9.89. The van der Waals surface area contributed by atoms with Crippen LogP contribution in [0.3, 0.4) is 0 Å². The number of nitrogens with zero attached hydrogens (tertiary/aromatic N) is 2. The van der Waals surface area contributed by atoms with Crippen molar-refractivity contribution in [1.29, 1.82) is 0 Å². The van der Waals surface area contributed by atoms with Crippen molar-refractivity contribution in [3.8, 4) is 0 Å². The van der Waals surface area contributed by atoms with Crippen LogP contribution in [0.15, 0.2) is 42.6 Å². The molecule has 0 radical (unpaired) electrons. The van der Waals surface area contributed by atoms with Gasteiger partial charge in [0.25, 0.3) is 0 Å². The Morgan fingerprint density at radius 2 is 1.85 bits per heavy atom. The fourth-order valence-corrected chi connectivity index (χ4v) is 4.36. The van der Waals surface area contributed by atoms with Gasteiger partial charge in [-0.15, -0.1) is 0 Å². The molecule has 4 rings (SSSR count). The molecule has 1 N–H and O–H groups in total. The maximum Gasteiger partial charge on any atom is 0.249 e. The molecule has 1 aliphatic carbocycles. The molecule has 1 aromatic carbocycles. The first-order chi connectivity index (χ1) is 13.0. The average molecular weight is 365 g/mol. The molecule has 5 nitrogen and oxygen atoms in total. The Balaban J connectivity index is 1.68. The van der Waals surface area contributed by atoms with E-state index in [1.54, 1.807) is 4.90 Å². The Morgan fingerprint density at radius 3 is 2.59 bits per heavy atom. The quantitative estimate of drug-likeness (QED) is 0.904. The Bertz CT molecular complexity index is 839. The van der Waals surface area contributed by atoms with Gasteiger partial charge < -0.3 is 9.88 Å². The molecule has 27 heavy (non-hydrogen) atoms. The number of hydrogen-bond donors (Lipinski definition) is 1. The summed E-state index contributed by atoms with van der Waals surface area (Å²) in [5.74, 6) is 0.336. The Hall–Kier alpha value is -2.56. The van der Waals surface area contributed by atoms with E-state index in [0.29, 0.717) is 5.92 Å². The van der Waals surface area contributed by atoms with Crippen molar-refractivity contribution < 1.29 is 9.59 Å². The Kier molecular flexibility index (Phi) is 4.77. The van der Waals surface area contributed by atoms with E-state index in [9.17, 15) is 9.59 Å². The van der Waals surface area contributed by atoms with Crippen molar-refractivity contribution in [2.45, 2.75) is 58.2 Å². The zero-order valence-electron chi connectivity index (χ0n) is 16.0. The lowest BCUT2D eigenvalue weighted by Gasteiger charge is -2.38. The minimum Gasteiger partial charge on any atom is -0.351 e. The molecule has 2 aliphatic rings. The van der Waals surface area contributed by atoms with Crippen LogP contribution in [0.2, 0.25) is 0 Å². The fraction of sp³-hybridized carbons (Fsp3) is 0.455. The van der Waals surface area contributed by atoms with Crippen LogP contribution >= 0.6 is 0 Å². The van der Waals surface area contributed by atoms with Gasteiger partial charge in [-0.05, 0) is 49.9 Å². The van der Waals surface area contributed by atoms with E-state index in [0.717, 1.165) is 36.2 Å². The molecule has 2 heterocycles. The Morgan fingerprint density at radius 1 is 1.11 bits per heavy atom. The van der Waals surface area contributed by atoms with Gasteiger partial charge in [0.15, 0.2) is 6.04 Å². The number of benzene rings is 1. The molecule has 1 aliphatic heterocycles. The number of nitrogens with one attached hydrogen (secondary N) is 1. The number of hydrogen-bond acceptors (Lipinski definition) is 2. The van der Waals surface area contributed by atoms with E-state index in [4.69, 9.17) is 0 Å². The Labute approximate surface area is 160 Å². The first kappa shape index (κ1) is 17.8. The summed E-state index contributed by atoms with van der Waals surface area (Å²) in [7, 11) is 0. The van der Waals surface area contributed by atoms with Crippen LogP contribution in [0.25, 0.3) is 0 Å². The lowest BCUT2D eigenvalue weighted by Crippen LogP contribution is -2.52. The predicted molar refractivity (Wildman–Crippen MR) is 105 cm³/mol. The van der Waals surface area contributed by atoms with E-state index in [1.165, 1.54) is 6.42 Å². The molecule has 0 saturated heterocycles. The smallest absolute Gasteiger partial charge is 0.249 e. The number of carbonyl (C=O) groups excluding carboxylic acids is 2. The second-order valence-corrected chi connectivity index (χ2v) is 7.94. The van der Waals surface area contributed by atoms with Crippen molar-refractivity contribution in [1.82, 2.24) is 9.88 Å². The number of rotatable bonds is 3. The number of anilines is 1. The van der Waals surface area contributed by atoms with Crippen molar-refractivity contribution >= 4 is 17.5 Å². The lowest BCUT2D eigenvalue weighted by molar-refractivity contribution is -0.129. The molecule has 2 aromatic rings. The van der Waals surface area contributed by atoms with Gasteiger partial charge in [-0.1, -0.05) is 37.5 Å². The molecule has 1 aromatic heterocycles. The van der Waals surface area contributed by atoms with Crippen molar-refractivity contribution in [2.24, 2.45) is 5.92 Å². The van der Waals surface area contributed by atoms with E-state index in [2.05, 4.69) is 12.2 Å². The van der Waals surface area contributed by atoms with E-state index in [-0.39, 0.29) is 24.4 Å². The number of aryl methyl sites for hydroxylation is 1. The van der Waals surface area contributed by atoms with Crippen LogP contribution in [-0.4, -0.2) is 22.4 Å². The van der Waals surface area contributed by atoms with Crippen molar-refractivity contribution in [2.75, 3.05) is 4.90 Å². The summed E-state index contributed by atoms with van der Waals surface area (Å²) in [6, 6.07) is 11.2. The monoisotopic (exact) mass is 365 g/mol. The summed E-state index contributed by atoms with van der Waals surface area (Å²) in [4.78, 5) is 28.0. The van der Waals surface area contributed by atoms with Gasteiger partial charge in [-0.2, -0.15) is 0 Å². The summed E-state index contributed by atoms with van der Waals surface area (Å²) >= 11 is 0. The number of aromatic nitrogens is 1. The van der Waals surface area contributed by atoms with Gasteiger partial charge in [-0.3, -0.25) is 14.5 Å². The molecule has 2 amide bonds. The zero-order valence-corrected chi connectivity index (χ0v) is 16.0. The molecule has 1 fully saturated rings. The highest BCUT2D eigenvalue weighted by molar-refractivity contribution is 6.02. The van der Waals surface area contributed by atoms with Crippen molar-refractivity contribution in [3.05, 3.63) is 53.9 Å². The normalized spacial score (nSPS) is 25.2. The highest BCUT2D eigenvalue weighted by atomic mass is 16.2. The van der Waals surface area contributed by atoms with E-state index in [1.807, 2.05) is 54.1 Å². The van der Waals surface area contributed by atoms with E-state index >= 15 is 0 Å². The maximum atomic E-state index is 13.4. The average Bonchev–Trinajstić information content (AvgIpc) is 3.11. The lowest BCUT2D eigenvalue weighted by atomic mass is 9.85. The molecule has 5 heteroatoms. The van der Waals surface area contributed by atoms with Gasteiger partial charge >= 0.3 is 0 Å². The zero-order chi connectivity index (χ0) is 19.0. The third-order valence-electron chi connectivity index (χ3n) is 5.98. The summed E-state index contributed by atoms with van der Waals surface area (Å²) in [6.45, 7) is 4.48. The predicted octanol–water partition coefficient (Wildman–Crippen LogP) is 3.58. The minimum atomic E-state index is -0.627. The molecular weight excluding hydrogens is 338 g/mol. The van der Waals surface area contributed by atoms with Gasteiger partial charge in [-0.25, -0.2) is 0 Å². The molecule has 0 unspecified atom stereocenters. The van der Waals surface area contributed by atoms with Crippen LogP contribution in [-0.2, 0) is 16.1 Å². The first-order valence-corrected chi connectivity index (χ1v) is 9.89. The van der Waals surface area contributed by atoms with Gasteiger partial charge in [0.2, 0.25) is 11.8 Å². The van der Waals surface area contributed by atoms with Crippen LogP contribution in [0, 0.1) is 12.8 Å². The third kappa shape index (κ3) is 3.38. The summed E-state index contributed by atoms with van der Waals surface area (Å²) in [6.07, 6.45) is 6.42. The number of fused-ring (bicyclic) bond motifs is 1. The molecule has 3 atom stereocenters. The molecular formula is C22H27N3O2. The summed E-state index contributed by atoms with van der Waals surface area (Å²) < 4.78 is 1.89. The van der Waals surface area contributed by atoms with Crippen LogP contribution < -0.4 is 10.2 Å². The minimum absolute atomic E-state index is 0.0561. The van der Waals surface area contributed by atoms with Crippen LogP contribution in [0.5, 0.6) is 0 Å². The molecule has 142 valence electrons. The van der Waals surface area contributed by atoms with Gasteiger partial charge in [0, 0.05) is 17.9 Å². The fourth-order valence-electron chi connectivity index (χ4n) is 4.36. The number of carbonyl (C=O) groups is 2. The molecule has 1 saturated carbocycles. The van der Waals surface area contributed by atoms with Gasteiger partial charge in [0.05, 0.1) is 5.69 Å². The van der Waals surface area contributed by atoms with Crippen LogP contribution in [0.1, 0.15) is 49.9 Å². The standard InChI is InChI=1S/C22H27N3O2/c1-15-9-11-17(12-10-15)25-20(26)14-24-13-5-8-19(24)21(25)22(27)23-18-7-4-3-6-16(18)2/h5,8-13,16,18,21H,3-4,6-7,14H2,1-2H3,(H,23,27)/t16-,18+,21+/m0/s1. The molecule has 0 spiro atoms. The molecule has 0 bridgehead atoms. The van der Waals surface area contributed by atoms with Crippen LogP contribution in [0.4, 0.5) is 5.69 Å². The topological polar surface area (TPSA) is 54.3 Å². The summed E-state index contributed by atoms with van der Waals surface area (Å²) in [5, 5.41) is 3.25. The second-order valence-electron chi connectivity index (χ2n) is 7.94. The maximum absolute atomic E-state index is 13.4. The second kappa shape index (κ2) is 7.22. The highest BCUT2D eigenvalue weighted by Crippen LogP contribution is 2.33. The van der Waals surface area contributed by atoms with E-state index < -0.39 is 6.04 Å². The van der Waals surface area contributed by atoms with Gasteiger partial charge in [0.1, 0.15) is 6.54 Å². The third-order valence-corrected chi connectivity index (χ3v) is 5.98.